The van der Waals surface area contributed by atoms with E-state index in [2.05, 4.69) is 0 Å². The van der Waals surface area contributed by atoms with E-state index in [0.717, 1.165) is 18.4 Å². The second-order valence-electron chi connectivity index (χ2n) is 5.24. The Kier molecular flexibility index (Phi) is 5.18. The molecule has 1 aromatic rings. The Bertz CT molecular complexity index is 493. The normalized spacial score (nSPS) is 16.2. The molecule has 0 unspecified atom stereocenters. The second kappa shape index (κ2) is 6.89. The van der Waals surface area contributed by atoms with Gasteiger partial charge in [0.25, 0.3) is 0 Å². The first-order valence-corrected chi connectivity index (χ1v) is 7.53. The number of benzene rings is 1. The largest absolute Gasteiger partial charge is 0.342 e. The number of halogens is 1. The summed E-state index contributed by atoms with van der Waals surface area (Å²) in [5.41, 5.74) is 0.867. The number of likely N-dealkylation sites (tertiary alicyclic amines) is 1. The van der Waals surface area contributed by atoms with Gasteiger partial charge in [0.15, 0.2) is 0 Å². The fourth-order valence-corrected chi connectivity index (χ4v) is 2.86. The van der Waals surface area contributed by atoms with Crippen molar-refractivity contribution < 1.29 is 9.59 Å². The quantitative estimate of drug-likeness (QED) is 0.855. The van der Waals surface area contributed by atoms with Crippen molar-refractivity contribution in [2.75, 3.05) is 13.1 Å². The first-order valence-electron chi connectivity index (χ1n) is 7.15. The van der Waals surface area contributed by atoms with Crippen LogP contribution >= 0.6 is 11.6 Å². The molecule has 0 aromatic heterocycles. The summed E-state index contributed by atoms with van der Waals surface area (Å²) in [4.78, 5) is 25.8. The first-order chi connectivity index (χ1) is 9.61. The standard InChI is InChI=1S/C16H20ClNO2/c1-2-15(19)12-7-9-18(10-8-12)16(20)11-13-5-3-4-6-14(13)17/h3-6,12H,2,7-11H2,1H3. The van der Waals surface area contributed by atoms with Crippen molar-refractivity contribution in [2.24, 2.45) is 5.92 Å². The minimum atomic E-state index is 0.0977. The van der Waals surface area contributed by atoms with Crippen molar-refractivity contribution in [3.63, 3.8) is 0 Å². The zero-order valence-electron chi connectivity index (χ0n) is 11.8. The molecule has 0 saturated carbocycles. The average molecular weight is 294 g/mol. The van der Waals surface area contributed by atoms with E-state index < -0.39 is 0 Å². The van der Waals surface area contributed by atoms with Gasteiger partial charge in [0, 0.05) is 30.5 Å². The summed E-state index contributed by atoms with van der Waals surface area (Å²) in [6.45, 7) is 3.26. The molecule has 20 heavy (non-hydrogen) atoms. The van der Waals surface area contributed by atoms with E-state index >= 15 is 0 Å². The molecule has 0 atom stereocenters. The van der Waals surface area contributed by atoms with Crippen LogP contribution in [0.1, 0.15) is 31.7 Å². The topological polar surface area (TPSA) is 37.4 Å². The highest BCUT2D eigenvalue weighted by atomic mass is 35.5. The fraction of sp³-hybridized carbons (Fsp3) is 0.500. The molecule has 0 spiro atoms. The molecule has 0 radical (unpaired) electrons. The van der Waals surface area contributed by atoms with Crippen LogP contribution in [-0.4, -0.2) is 29.7 Å². The summed E-state index contributed by atoms with van der Waals surface area (Å²) in [7, 11) is 0. The lowest BCUT2D eigenvalue weighted by Crippen LogP contribution is -2.40. The predicted molar refractivity (Wildman–Crippen MR) is 79.8 cm³/mol. The maximum atomic E-state index is 12.2. The minimum Gasteiger partial charge on any atom is -0.342 e. The van der Waals surface area contributed by atoms with Gasteiger partial charge in [-0.05, 0) is 24.5 Å². The number of carbonyl (C=O) groups excluding carboxylic acids is 2. The molecular weight excluding hydrogens is 274 g/mol. The highest BCUT2D eigenvalue weighted by Gasteiger charge is 2.26. The lowest BCUT2D eigenvalue weighted by molar-refractivity contribution is -0.134. The molecule has 1 saturated heterocycles. The third-order valence-corrected chi connectivity index (χ3v) is 4.32. The number of amides is 1. The van der Waals surface area contributed by atoms with Crippen LogP contribution in [0.4, 0.5) is 0 Å². The highest BCUT2D eigenvalue weighted by molar-refractivity contribution is 6.31. The molecule has 3 nitrogen and oxygen atoms in total. The predicted octanol–water partition coefficient (Wildman–Crippen LogP) is 3.10. The molecule has 1 aliphatic rings. The molecule has 108 valence electrons. The Labute approximate surface area is 124 Å². The van der Waals surface area contributed by atoms with Crippen LogP contribution in [-0.2, 0) is 16.0 Å². The highest BCUT2D eigenvalue weighted by Crippen LogP contribution is 2.21. The molecule has 1 heterocycles. The van der Waals surface area contributed by atoms with Gasteiger partial charge in [0.1, 0.15) is 5.78 Å². The average Bonchev–Trinajstić information content (AvgIpc) is 2.49. The van der Waals surface area contributed by atoms with Crippen LogP contribution < -0.4 is 0 Å². The molecule has 0 bridgehead atoms. The van der Waals surface area contributed by atoms with Crippen molar-refractivity contribution in [1.29, 1.82) is 0 Å². The van der Waals surface area contributed by atoms with Crippen LogP contribution in [0.25, 0.3) is 0 Å². The maximum absolute atomic E-state index is 12.2. The monoisotopic (exact) mass is 293 g/mol. The van der Waals surface area contributed by atoms with E-state index in [9.17, 15) is 9.59 Å². The zero-order chi connectivity index (χ0) is 14.5. The molecule has 0 N–H and O–H groups in total. The number of hydrogen-bond donors (Lipinski definition) is 0. The Morgan fingerprint density at radius 3 is 2.50 bits per heavy atom. The summed E-state index contributed by atoms with van der Waals surface area (Å²) < 4.78 is 0. The van der Waals surface area contributed by atoms with Gasteiger partial charge >= 0.3 is 0 Å². The first kappa shape index (κ1) is 15.0. The second-order valence-corrected chi connectivity index (χ2v) is 5.65. The number of rotatable bonds is 4. The van der Waals surface area contributed by atoms with Crippen LogP contribution in [0.15, 0.2) is 24.3 Å². The van der Waals surface area contributed by atoms with Gasteiger partial charge in [-0.3, -0.25) is 9.59 Å². The summed E-state index contributed by atoms with van der Waals surface area (Å²) in [6, 6.07) is 7.43. The Morgan fingerprint density at radius 1 is 1.25 bits per heavy atom. The maximum Gasteiger partial charge on any atom is 0.227 e. The van der Waals surface area contributed by atoms with E-state index in [1.165, 1.54) is 0 Å². The van der Waals surface area contributed by atoms with Gasteiger partial charge in [0.05, 0.1) is 6.42 Å². The summed E-state index contributed by atoms with van der Waals surface area (Å²) >= 11 is 6.08. The van der Waals surface area contributed by atoms with Crippen LogP contribution in [0.5, 0.6) is 0 Å². The van der Waals surface area contributed by atoms with Crippen molar-refractivity contribution in [3.8, 4) is 0 Å². The number of ketones is 1. The van der Waals surface area contributed by atoms with Gasteiger partial charge in [-0.1, -0.05) is 36.7 Å². The van der Waals surface area contributed by atoms with Crippen molar-refractivity contribution in [2.45, 2.75) is 32.6 Å². The minimum absolute atomic E-state index is 0.0977. The van der Waals surface area contributed by atoms with E-state index in [1.54, 1.807) is 6.07 Å². The van der Waals surface area contributed by atoms with Crippen LogP contribution in [0.3, 0.4) is 0 Å². The third-order valence-electron chi connectivity index (χ3n) is 3.95. The third kappa shape index (κ3) is 3.60. The van der Waals surface area contributed by atoms with Gasteiger partial charge in [-0.15, -0.1) is 0 Å². The van der Waals surface area contributed by atoms with E-state index in [1.807, 2.05) is 30.0 Å². The van der Waals surface area contributed by atoms with Crippen LogP contribution in [0.2, 0.25) is 5.02 Å². The Balaban J connectivity index is 1.89. The summed E-state index contributed by atoms with van der Waals surface area (Å²) in [5.74, 6) is 0.563. The lowest BCUT2D eigenvalue weighted by atomic mass is 9.91. The number of piperidine rings is 1. The molecular formula is C16H20ClNO2. The van der Waals surface area contributed by atoms with Crippen molar-refractivity contribution in [3.05, 3.63) is 34.9 Å². The summed E-state index contributed by atoms with van der Waals surface area (Å²) in [6.07, 6.45) is 2.52. The van der Waals surface area contributed by atoms with Gasteiger partial charge in [-0.2, -0.15) is 0 Å². The van der Waals surface area contributed by atoms with Crippen LogP contribution in [0, 0.1) is 5.92 Å². The Morgan fingerprint density at radius 2 is 1.90 bits per heavy atom. The number of Topliss-reactive ketones (excluding diaryl/α,β-unsaturated/α-hetero) is 1. The molecule has 0 aliphatic carbocycles. The smallest absolute Gasteiger partial charge is 0.227 e. The molecule has 2 rings (SSSR count). The zero-order valence-corrected chi connectivity index (χ0v) is 12.5. The molecule has 1 amide bonds. The SMILES string of the molecule is CCC(=O)C1CCN(C(=O)Cc2ccccc2Cl)CC1. The van der Waals surface area contributed by atoms with E-state index in [4.69, 9.17) is 11.6 Å². The molecule has 1 aliphatic heterocycles. The fourth-order valence-electron chi connectivity index (χ4n) is 2.66. The molecule has 1 fully saturated rings. The molecule has 4 heteroatoms. The van der Waals surface area contributed by atoms with E-state index in [0.29, 0.717) is 36.7 Å². The van der Waals surface area contributed by atoms with Gasteiger partial charge in [-0.25, -0.2) is 0 Å². The number of hydrogen-bond acceptors (Lipinski definition) is 2. The van der Waals surface area contributed by atoms with E-state index in [-0.39, 0.29) is 11.8 Å². The van der Waals surface area contributed by atoms with Crippen molar-refractivity contribution >= 4 is 23.3 Å². The molecule has 1 aromatic carbocycles. The van der Waals surface area contributed by atoms with Crippen molar-refractivity contribution in [1.82, 2.24) is 4.90 Å². The Hall–Kier alpha value is -1.35. The number of nitrogens with zero attached hydrogens (tertiary/aromatic N) is 1. The van der Waals surface area contributed by atoms with Gasteiger partial charge in [0.2, 0.25) is 5.91 Å². The lowest BCUT2D eigenvalue weighted by Gasteiger charge is -2.31. The number of carbonyl (C=O) groups is 2. The van der Waals surface area contributed by atoms with Gasteiger partial charge < -0.3 is 4.90 Å². The summed E-state index contributed by atoms with van der Waals surface area (Å²) in [5, 5.41) is 0.636.